The van der Waals surface area contributed by atoms with Gasteiger partial charge >= 0.3 is 16.3 Å². The average molecular weight is 705 g/mol. The number of hydrogen-bond acceptors (Lipinski definition) is 14. The Morgan fingerprint density at radius 1 is 1.19 bits per heavy atom. The zero-order valence-corrected chi connectivity index (χ0v) is 26.7. The molecule has 3 aromatic rings. The average Bonchev–Trinajstić information content (AvgIpc) is 3.44. The van der Waals surface area contributed by atoms with Crippen molar-refractivity contribution in [2.45, 2.75) is 38.3 Å². The van der Waals surface area contributed by atoms with Gasteiger partial charge in [-0.05, 0) is 31.5 Å². The number of rotatable bonds is 14. The molecule has 7 N–H and O–H groups in total. The third-order valence-corrected chi connectivity index (χ3v) is 8.73. The first kappa shape index (κ1) is 35.4. The molecule has 0 bridgehead atoms. The van der Waals surface area contributed by atoms with E-state index in [-0.39, 0.29) is 32.8 Å². The van der Waals surface area contributed by atoms with Crippen molar-refractivity contribution >= 4 is 61.8 Å². The van der Waals surface area contributed by atoms with E-state index in [0.717, 1.165) is 23.6 Å². The highest BCUT2D eigenvalue weighted by Crippen LogP contribution is 2.32. The lowest BCUT2D eigenvalue weighted by Crippen LogP contribution is -2.66. The highest BCUT2D eigenvalue weighted by Gasteiger charge is 2.54. The molecule has 254 valence electrons. The number of ketones is 2. The largest absolute Gasteiger partial charge is 0.503 e. The van der Waals surface area contributed by atoms with E-state index >= 15 is 0 Å². The SMILES string of the molecule is CC(C)(O/N=C(\C(=O)C[C@@H]1C(=O)N(S(=O)(=O)O)[C@@H]1CNC(=O)c1ccc(CC(=O)c2cc(=O)c(O)c[nH]2)cc1)c1csc(N)n1)C(=O)O. The summed E-state index contributed by atoms with van der Waals surface area (Å²) in [5, 5.41) is 26.1. The van der Waals surface area contributed by atoms with E-state index in [9.17, 15) is 52.0 Å². The Bertz CT molecular complexity index is 1990. The number of anilines is 1. The van der Waals surface area contributed by atoms with Crippen molar-refractivity contribution in [3.63, 3.8) is 0 Å². The number of carboxylic acid groups (broad SMARTS) is 1. The minimum atomic E-state index is -5.09. The second kappa shape index (κ2) is 13.7. The van der Waals surface area contributed by atoms with Crippen LogP contribution in [0.2, 0.25) is 0 Å². The number of benzene rings is 1. The number of carboxylic acids is 1. The number of carbonyl (C=O) groups excluding carboxylic acids is 4. The number of Topliss-reactive ketones (excluding diaryl/α,β-unsaturated/α-hetero) is 2. The van der Waals surface area contributed by atoms with Gasteiger partial charge in [0.2, 0.25) is 16.9 Å². The van der Waals surface area contributed by atoms with E-state index in [2.05, 4.69) is 20.4 Å². The van der Waals surface area contributed by atoms with Crippen LogP contribution in [0.25, 0.3) is 0 Å². The predicted molar refractivity (Wildman–Crippen MR) is 167 cm³/mol. The highest BCUT2D eigenvalue weighted by molar-refractivity contribution is 7.84. The van der Waals surface area contributed by atoms with Crippen LogP contribution in [-0.4, -0.2) is 90.7 Å². The van der Waals surface area contributed by atoms with Crippen LogP contribution in [0.15, 0.2) is 51.9 Å². The fraction of sp³-hybridized carbons (Fsp3) is 0.286. The normalized spacial score (nSPS) is 16.6. The molecule has 1 aromatic carbocycles. The molecule has 18 nitrogen and oxygen atoms in total. The number of thiazole rings is 1. The van der Waals surface area contributed by atoms with Crippen LogP contribution >= 0.6 is 11.3 Å². The summed E-state index contributed by atoms with van der Waals surface area (Å²) >= 11 is 0.935. The van der Waals surface area contributed by atoms with Gasteiger partial charge in [0.05, 0.1) is 17.7 Å². The molecule has 2 atom stereocenters. The minimum Gasteiger partial charge on any atom is -0.503 e. The number of aromatic amines is 1. The molecule has 1 aliphatic heterocycles. The Morgan fingerprint density at radius 3 is 2.42 bits per heavy atom. The predicted octanol–water partition coefficient (Wildman–Crippen LogP) is 0.148. The van der Waals surface area contributed by atoms with Gasteiger partial charge in [0.1, 0.15) is 5.69 Å². The minimum absolute atomic E-state index is 0.0307. The number of β-lactam (4-membered cyclic amide) rings is 1. The topological polar surface area (TPSA) is 289 Å². The molecule has 2 amide bonds. The number of nitrogens with zero attached hydrogens (tertiary/aromatic N) is 3. The molecule has 0 spiro atoms. The van der Waals surface area contributed by atoms with Crippen LogP contribution < -0.4 is 16.5 Å². The van der Waals surface area contributed by atoms with Crippen LogP contribution in [0.5, 0.6) is 5.75 Å². The first-order chi connectivity index (χ1) is 22.4. The molecule has 20 heteroatoms. The van der Waals surface area contributed by atoms with Crippen LogP contribution in [-0.2, 0) is 35.9 Å². The molecule has 2 aromatic heterocycles. The number of nitrogens with two attached hydrogens (primary N) is 1. The lowest BCUT2D eigenvalue weighted by atomic mass is 9.84. The Kier molecular flexibility index (Phi) is 10.1. The number of aliphatic carboxylic acids is 1. The number of nitrogens with one attached hydrogen (secondary N) is 2. The van der Waals surface area contributed by atoms with Crippen LogP contribution in [0.4, 0.5) is 5.13 Å². The van der Waals surface area contributed by atoms with E-state index in [1.165, 1.54) is 43.5 Å². The van der Waals surface area contributed by atoms with Gasteiger partial charge in [-0.1, -0.05) is 17.3 Å². The summed E-state index contributed by atoms with van der Waals surface area (Å²) in [7, 11) is -5.09. The van der Waals surface area contributed by atoms with Crippen LogP contribution in [0.1, 0.15) is 52.4 Å². The number of nitrogen functional groups attached to an aromatic ring is 1. The lowest BCUT2D eigenvalue weighted by Gasteiger charge is -2.44. The van der Waals surface area contributed by atoms with E-state index in [0.29, 0.717) is 5.56 Å². The fourth-order valence-electron chi connectivity index (χ4n) is 4.42. The molecule has 3 heterocycles. The standard InChI is InChI=1S/C28H28N6O12S2/c1-28(2,26(41)42)46-33-23(17-12-47-27(29)32-17)21(37)8-15-18(34(25(15)40)48(43,44)45)10-31-24(39)14-5-3-13(4-6-14)7-19(35)16-9-20(36)22(38)11-30-16/h3-6,9,11-12,15,18,38H,7-8,10H2,1-2H3,(H2,29,32)(H,30,36)(H,31,39)(H,41,42)(H,43,44,45)/b33-23-/t15-,18+/m0/s1. The van der Waals surface area contributed by atoms with Gasteiger partial charge in [0, 0.05) is 42.6 Å². The first-order valence-corrected chi connectivity index (χ1v) is 16.0. The Labute approximate surface area is 275 Å². The van der Waals surface area contributed by atoms with E-state index in [1.807, 2.05) is 0 Å². The van der Waals surface area contributed by atoms with Crippen molar-refractivity contribution in [3.05, 3.63) is 74.6 Å². The summed E-state index contributed by atoms with van der Waals surface area (Å²) in [6.07, 6.45) is 0.153. The Hall–Kier alpha value is -5.47. The zero-order valence-electron chi connectivity index (χ0n) is 25.1. The summed E-state index contributed by atoms with van der Waals surface area (Å²) in [5.74, 6) is -6.54. The highest BCUT2D eigenvalue weighted by atomic mass is 32.2. The molecule has 4 rings (SSSR count). The van der Waals surface area contributed by atoms with E-state index in [1.54, 1.807) is 0 Å². The van der Waals surface area contributed by atoms with Crippen molar-refractivity contribution in [2.75, 3.05) is 12.3 Å². The van der Waals surface area contributed by atoms with Gasteiger partial charge < -0.3 is 31.1 Å². The first-order valence-electron chi connectivity index (χ1n) is 13.8. The van der Waals surface area contributed by atoms with E-state index < -0.39 is 87.1 Å². The maximum atomic E-state index is 13.3. The molecule has 0 unspecified atom stereocenters. The second-order valence-corrected chi connectivity index (χ2v) is 13.1. The molecular formula is C28H28N6O12S2. The van der Waals surface area contributed by atoms with Crippen LogP contribution in [0, 0.1) is 5.92 Å². The maximum absolute atomic E-state index is 13.3. The summed E-state index contributed by atoms with van der Waals surface area (Å²) in [6, 6.07) is 5.21. The number of amides is 2. The molecule has 1 aliphatic rings. The number of H-pyrrole nitrogens is 1. The van der Waals surface area contributed by atoms with Gasteiger partial charge in [0.25, 0.3) is 5.91 Å². The van der Waals surface area contributed by atoms with Crippen molar-refractivity contribution in [2.24, 2.45) is 11.1 Å². The monoisotopic (exact) mass is 704 g/mol. The van der Waals surface area contributed by atoms with Gasteiger partial charge in [-0.25, -0.2) is 14.1 Å². The number of hydrogen-bond donors (Lipinski definition) is 6. The Balaban J connectivity index is 1.46. The van der Waals surface area contributed by atoms with E-state index in [4.69, 9.17) is 10.6 Å². The van der Waals surface area contributed by atoms with Gasteiger partial charge in [0.15, 0.2) is 28.2 Å². The van der Waals surface area contributed by atoms with Crippen LogP contribution in [0.3, 0.4) is 0 Å². The van der Waals surface area contributed by atoms with Gasteiger partial charge in [-0.2, -0.15) is 8.42 Å². The summed E-state index contributed by atoms with van der Waals surface area (Å²) < 4.78 is 33.7. The molecule has 0 aliphatic carbocycles. The third kappa shape index (κ3) is 7.90. The number of carbonyl (C=O) groups is 5. The summed E-state index contributed by atoms with van der Waals surface area (Å²) in [4.78, 5) is 86.0. The molecule has 0 saturated carbocycles. The lowest BCUT2D eigenvalue weighted by molar-refractivity contribution is -0.161. The quantitative estimate of drug-likeness (QED) is 0.0428. The van der Waals surface area contributed by atoms with Crippen molar-refractivity contribution < 1.29 is 52.0 Å². The Morgan fingerprint density at radius 2 is 1.85 bits per heavy atom. The summed E-state index contributed by atoms with van der Waals surface area (Å²) in [5.41, 5.74) is 2.99. The molecular weight excluding hydrogens is 676 g/mol. The summed E-state index contributed by atoms with van der Waals surface area (Å²) in [6.45, 7) is 1.82. The second-order valence-electron chi connectivity index (χ2n) is 10.9. The number of oxime groups is 1. The van der Waals surface area contributed by atoms with Gasteiger partial charge in [-0.15, -0.1) is 11.3 Å². The maximum Gasteiger partial charge on any atom is 0.362 e. The smallest absolute Gasteiger partial charge is 0.362 e. The number of pyridine rings is 1. The zero-order chi connectivity index (χ0) is 35.6. The molecule has 1 saturated heterocycles. The number of aromatic hydroxyl groups is 1. The number of aromatic nitrogens is 2. The van der Waals surface area contributed by atoms with Gasteiger partial charge in [-0.3, -0.25) is 28.5 Å². The van der Waals surface area contributed by atoms with Crippen molar-refractivity contribution in [1.29, 1.82) is 0 Å². The molecule has 48 heavy (non-hydrogen) atoms. The third-order valence-electron chi connectivity index (χ3n) is 7.11. The van der Waals surface area contributed by atoms with Crippen molar-refractivity contribution in [3.8, 4) is 5.75 Å². The molecule has 1 fully saturated rings. The fourth-order valence-corrected chi connectivity index (χ4v) is 5.89. The van der Waals surface area contributed by atoms with Crippen molar-refractivity contribution in [1.82, 2.24) is 19.6 Å². The molecule has 0 radical (unpaired) electrons.